The molecular formula is C23H41IN4O3. The number of hydrogen-bond acceptors (Lipinski definition) is 5. The Morgan fingerprint density at radius 3 is 2.26 bits per heavy atom. The Labute approximate surface area is 205 Å². The molecule has 0 bridgehead atoms. The van der Waals surface area contributed by atoms with Crippen molar-refractivity contribution in [1.29, 1.82) is 0 Å². The van der Waals surface area contributed by atoms with Crippen LogP contribution in [0.4, 0.5) is 0 Å². The van der Waals surface area contributed by atoms with Crippen molar-refractivity contribution in [3.63, 3.8) is 0 Å². The zero-order chi connectivity index (χ0) is 21.9. The van der Waals surface area contributed by atoms with Crippen LogP contribution in [0.25, 0.3) is 0 Å². The summed E-state index contributed by atoms with van der Waals surface area (Å²) >= 11 is 0. The van der Waals surface area contributed by atoms with E-state index in [4.69, 9.17) is 19.2 Å². The maximum Gasteiger partial charge on any atom is 0.193 e. The molecule has 0 spiro atoms. The zero-order valence-electron chi connectivity index (χ0n) is 20.1. The third-order valence-corrected chi connectivity index (χ3v) is 5.77. The number of ether oxygens (including phenoxy) is 3. The predicted octanol–water partition coefficient (Wildman–Crippen LogP) is 3.50. The van der Waals surface area contributed by atoms with Crippen LogP contribution < -0.4 is 19.5 Å². The summed E-state index contributed by atoms with van der Waals surface area (Å²) in [5.74, 6) is 3.97. The molecule has 0 amide bonds. The van der Waals surface area contributed by atoms with Crippen LogP contribution in [-0.4, -0.2) is 82.9 Å². The van der Waals surface area contributed by atoms with Crippen LogP contribution in [-0.2, 0) is 6.42 Å². The van der Waals surface area contributed by atoms with Crippen molar-refractivity contribution in [3.8, 4) is 17.2 Å². The fourth-order valence-electron chi connectivity index (χ4n) is 4.04. The van der Waals surface area contributed by atoms with Crippen molar-refractivity contribution in [2.24, 2.45) is 10.9 Å². The molecule has 0 saturated carbocycles. The topological polar surface area (TPSA) is 58.6 Å². The lowest BCUT2D eigenvalue weighted by atomic mass is 10.1. The van der Waals surface area contributed by atoms with E-state index in [1.165, 1.54) is 13.0 Å². The number of likely N-dealkylation sites (tertiary alicyclic amines) is 1. The van der Waals surface area contributed by atoms with E-state index >= 15 is 0 Å². The van der Waals surface area contributed by atoms with Crippen LogP contribution in [0.2, 0.25) is 0 Å². The van der Waals surface area contributed by atoms with Crippen molar-refractivity contribution >= 4 is 29.9 Å². The Morgan fingerprint density at radius 1 is 1.10 bits per heavy atom. The van der Waals surface area contributed by atoms with Crippen LogP contribution >= 0.6 is 24.0 Å². The number of benzene rings is 1. The second-order valence-corrected chi connectivity index (χ2v) is 7.58. The molecule has 1 N–H and O–H groups in total. The molecule has 1 aromatic carbocycles. The summed E-state index contributed by atoms with van der Waals surface area (Å²) in [7, 11) is 4.99. The highest BCUT2D eigenvalue weighted by atomic mass is 127. The Morgan fingerprint density at radius 2 is 1.74 bits per heavy atom. The van der Waals surface area contributed by atoms with Crippen molar-refractivity contribution in [3.05, 3.63) is 17.7 Å². The number of aliphatic imine (C=N–C) groups is 1. The molecule has 1 atom stereocenters. The van der Waals surface area contributed by atoms with Crippen molar-refractivity contribution < 1.29 is 14.2 Å². The highest BCUT2D eigenvalue weighted by Crippen LogP contribution is 2.34. The first kappa shape index (κ1) is 27.6. The lowest BCUT2D eigenvalue weighted by Crippen LogP contribution is -2.41. The largest absolute Gasteiger partial charge is 0.496 e. The van der Waals surface area contributed by atoms with Crippen molar-refractivity contribution in [1.82, 2.24) is 15.1 Å². The number of nitrogens with one attached hydrogen (secondary N) is 1. The van der Waals surface area contributed by atoms with Gasteiger partial charge in [-0.3, -0.25) is 4.99 Å². The van der Waals surface area contributed by atoms with Gasteiger partial charge in [0, 0.05) is 50.4 Å². The third-order valence-electron chi connectivity index (χ3n) is 5.77. The zero-order valence-corrected chi connectivity index (χ0v) is 22.4. The van der Waals surface area contributed by atoms with Crippen molar-refractivity contribution in [2.45, 2.75) is 33.6 Å². The number of rotatable bonds is 11. The van der Waals surface area contributed by atoms with Crippen LogP contribution in [0.5, 0.6) is 17.2 Å². The van der Waals surface area contributed by atoms with Gasteiger partial charge in [0.05, 0.1) is 21.3 Å². The maximum absolute atomic E-state index is 5.57. The van der Waals surface area contributed by atoms with Gasteiger partial charge in [-0.25, -0.2) is 0 Å². The van der Waals surface area contributed by atoms with E-state index in [9.17, 15) is 0 Å². The molecule has 1 aliphatic heterocycles. The minimum Gasteiger partial charge on any atom is -0.496 e. The van der Waals surface area contributed by atoms with Gasteiger partial charge >= 0.3 is 0 Å². The van der Waals surface area contributed by atoms with Gasteiger partial charge in [-0.15, -0.1) is 24.0 Å². The van der Waals surface area contributed by atoms with E-state index in [2.05, 4.69) is 35.9 Å². The molecular weight excluding hydrogens is 507 g/mol. The molecule has 1 heterocycles. The first-order chi connectivity index (χ1) is 14.6. The minimum absolute atomic E-state index is 0. The van der Waals surface area contributed by atoms with E-state index < -0.39 is 0 Å². The number of methoxy groups -OCH3 is 3. The summed E-state index contributed by atoms with van der Waals surface area (Å²) in [6, 6.07) is 3.79. The summed E-state index contributed by atoms with van der Waals surface area (Å²) in [6.45, 7) is 13.7. The van der Waals surface area contributed by atoms with E-state index in [-0.39, 0.29) is 24.0 Å². The molecule has 31 heavy (non-hydrogen) atoms. The lowest BCUT2D eigenvalue weighted by Gasteiger charge is -2.24. The Kier molecular flexibility index (Phi) is 13.0. The molecule has 1 fully saturated rings. The second kappa shape index (κ2) is 14.6. The summed E-state index contributed by atoms with van der Waals surface area (Å²) in [5.41, 5.74) is 1.02. The average molecular weight is 549 g/mol. The molecule has 8 heteroatoms. The molecule has 0 radical (unpaired) electrons. The molecule has 1 saturated heterocycles. The van der Waals surface area contributed by atoms with Crippen LogP contribution in [0, 0.1) is 5.92 Å². The number of nitrogens with zero attached hydrogens (tertiary/aromatic N) is 3. The van der Waals surface area contributed by atoms with Crippen LogP contribution in [0.1, 0.15) is 32.8 Å². The van der Waals surface area contributed by atoms with Gasteiger partial charge in [-0.2, -0.15) is 0 Å². The Hall–Kier alpha value is -1.42. The number of guanidine groups is 1. The Bertz CT molecular complexity index is 658. The fraction of sp³-hybridized carbons (Fsp3) is 0.696. The molecule has 0 aromatic heterocycles. The van der Waals surface area contributed by atoms with E-state index in [0.717, 1.165) is 67.9 Å². The van der Waals surface area contributed by atoms with E-state index in [1.807, 2.05) is 12.1 Å². The normalized spacial score (nSPS) is 16.3. The number of halogens is 1. The summed E-state index contributed by atoms with van der Waals surface area (Å²) in [4.78, 5) is 9.83. The SMILES string of the molecule is CCNC(=NCCc1c(OC)cc(OC)cc1OC)N1CCC(CN(CC)CC)C1.I. The molecule has 1 aliphatic rings. The van der Waals surface area contributed by atoms with E-state index in [0.29, 0.717) is 12.5 Å². The molecule has 1 aromatic rings. The first-order valence-corrected chi connectivity index (χ1v) is 11.1. The summed E-state index contributed by atoms with van der Waals surface area (Å²) < 4.78 is 16.5. The molecule has 2 rings (SSSR count). The third kappa shape index (κ3) is 7.89. The Balaban J connectivity index is 0.00000480. The molecule has 0 aliphatic carbocycles. The maximum atomic E-state index is 5.57. The smallest absolute Gasteiger partial charge is 0.193 e. The quantitative estimate of drug-likeness (QED) is 0.260. The highest BCUT2D eigenvalue weighted by molar-refractivity contribution is 14.0. The molecule has 1 unspecified atom stereocenters. The predicted molar refractivity (Wildman–Crippen MR) is 139 cm³/mol. The first-order valence-electron chi connectivity index (χ1n) is 11.1. The van der Waals surface area contributed by atoms with Crippen LogP contribution in [0.15, 0.2) is 17.1 Å². The van der Waals surface area contributed by atoms with Gasteiger partial charge in [0.25, 0.3) is 0 Å². The van der Waals surface area contributed by atoms with Crippen molar-refractivity contribution in [2.75, 3.05) is 67.1 Å². The molecule has 7 nitrogen and oxygen atoms in total. The number of hydrogen-bond donors (Lipinski definition) is 1. The lowest BCUT2D eigenvalue weighted by molar-refractivity contribution is 0.255. The van der Waals surface area contributed by atoms with Gasteiger partial charge in [0.1, 0.15) is 17.2 Å². The van der Waals surface area contributed by atoms with Gasteiger partial charge in [0.15, 0.2) is 5.96 Å². The van der Waals surface area contributed by atoms with Gasteiger partial charge in [0.2, 0.25) is 0 Å². The fourth-order valence-corrected chi connectivity index (χ4v) is 4.04. The van der Waals surface area contributed by atoms with Crippen LogP contribution in [0.3, 0.4) is 0 Å². The van der Waals surface area contributed by atoms with E-state index in [1.54, 1.807) is 21.3 Å². The minimum atomic E-state index is 0. The monoisotopic (exact) mass is 548 g/mol. The highest BCUT2D eigenvalue weighted by Gasteiger charge is 2.26. The average Bonchev–Trinajstić information content (AvgIpc) is 3.24. The van der Waals surface area contributed by atoms with Gasteiger partial charge in [-0.05, 0) is 38.8 Å². The van der Waals surface area contributed by atoms with Gasteiger partial charge in [-0.1, -0.05) is 13.8 Å². The summed E-state index contributed by atoms with van der Waals surface area (Å²) in [6.07, 6.45) is 1.96. The molecule has 178 valence electrons. The standard InChI is InChI=1S/C23H40N4O3.HI/c1-7-24-23(27-13-11-18(17-27)16-26(8-2)9-3)25-12-10-20-21(29-5)14-19(28-4)15-22(20)30-6;/h14-15,18H,7-13,16-17H2,1-6H3,(H,24,25);1H. The summed E-state index contributed by atoms with van der Waals surface area (Å²) in [5, 5.41) is 3.47. The van der Waals surface area contributed by atoms with Gasteiger partial charge < -0.3 is 29.3 Å². The second-order valence-electron chi connectivity index (χ2n) is 7.58.